The minimum atomic E-state index is -0.913. The van der Waals surface area contributed by atoms with E-state index in [1.54, 1.807) is 0 Å². The zero-order valence-electron chi connectivity index (χ0n) is 16.8. The molecule has 0 radical (unpaired) electrons. The van der Waals surface area contributed by atoms with E-state index in [0.29, 0.717) is 0 Å². The molecule has 138 valence electrons. The Kier molecular flexibility index (Phi) is 25.1. The number of carboxylic acid groups (broad SMARTS) is 1. The second-order valence-electron chi connectivity index (χ2n) is 6.85. The predicted octanol–water partition coefficient (Wildman–Crippen LogP) is 1.54. The Bertz CT molecular complexity index is 246. The van der Waals surface area contributed by atoms with E-state index in [4.69, 9.17) is 0 Å². The molecule has 0 bridgehead atoms. The molecular formula is C20H40KNO2. The molecule has 24 heavy (non-hydrogen) atoms. The summed E-state index contributed by atoms with van der Waals surface area (Å²) >= 11 is 0. The van der Waals surface area contributed by atoms with Gasteiger partial charge in [-0.05, 0) is 45.3 Å². The van der Waals surface area contributed by atoms with Crippen LogP contribution in [0, 0.1) is 0 Å². The van der Waals surface area contributed by atoms with Crippen molar-refractivity contribution in [3.63, 3.8) is 0 Å². The first kappa shape index (κ1) is 27.3. The zero-order valence-corrected chi connectivity index (χ0v) is 19.9. The third kappa shape index (κ3) is 21.1. The molecule has 0 aromatic rings. The van der Waals surface area contributed by atoms with E-state index < -0.39 is 5.97 Å². The van der Waals surface area contributed by atoms with Gasteiger partial charge in [0.05, 0.1) is 0 Å². The van der Waals surface area contributed by atoms with Crippen molar-refractivity contribution in [1.82, 2.24) is 4.90 Å². The molecular weight excluding hydrogens is 325 g/mol. The van der Waals surface area contributed by atoms with Crippen LogP contribution in [0.4, 0.5) is 0 Å². The molecule has 0 aliphatic carbocycles. The number of unbranched alkanes of at least 4 members (excludes halogenated alkanes) is 10. The van der Waals surface area contributed by atoms with Crippen LogP contribution in [0.3, 0.4) is 0 Å². The van der Waals surface area contributed by atoms with Crippen molar-refractivity contribution in [1.29, 1.82) is 0 Å². The molecule has 0 aliphatic rings. The summed E-state index contributed by atoms with van der Waals surface area (Å²) in [5, 5.41) is 10.6. The van der Waals surface area contributed by atoms with Gasteiger partial charge in [-0.25, -0.2) is 0 Å². The Hall–Kier alpha value is 1.07. The number of carboxylic acids is 1. The first-order valence-corrected chi connectivity index (χ1v) is 10.1. The third-order valence-corrected chi connectivity index (χ3v) is 4.51. The van der Waals surface area contributed by atoms with Gasteiger partial charge in [0.1, 0.15) is 0 Å². The molecule has 0 amide bonds. The van der Waals surface area contributed by atoms with Crippen LogP contribution in [0.2, 0.25) is 0 Å². The summed E-state index contributed by atoms with van der Waals surface area (Å²) < 4.78 is 0. The number of rotatable bonds is 18. The Morgan fingerprint density at radius 2 is 1.04 bits per heavy atom. The molecule has 0 saturated heterocycles. The molecule has 0 rings (SSSR count). The first-order valence-electron chi connectivity index (χ1n) is 10.1. The monoisotopic (exact) mass is 365 g/mol. The summed E-state index contributed by atoms with van der Waals surface area (Å²) in [6, 6.07) is 0. The van der Waals surface area contributed by atoms with Gasteiger partial charge in [0, 0.05) is 5.97 Å². The van der Waals surface area contributed by atoms with E-state index in [-0.39, 0.29) is 57.8 Å². The van der Waals surface area contributed by atoms with E-state index in [0.717, 1.165) is 26.1 Å². The number of carbonyl (C=O) groups is 1. The van der Waals surface area contributed by atoms with E-state index in [1.807, 2.05) is 0 Å². The number of nitrogens with zero attached hydrogens (tertiary/aromatic N) is 1. The molecule has 0 saturated carbocycles. The summed E-state index contributed by atoms with van der Waals surface area (Å²) in [6.45, 7) is 7.68. The van der Waals surface area contributed by atoms with E-state index in [1.165, 1.54) is 77.0 Å². The van der Waals surface area contributed by atoms with Crippen LogP contribution in [0.25, 0.3) is 0 Å². The summed E-state index contributed by atoms with van der Waals surface area (Å²) in [4.78, 5) is 13.0. The second-order valence-corrected chi connectivity index (χ2v) is 6.85. The van der Waals surface area contributed by atoms with Gasteiger partial charge in [-0.15, -0.1) is 0 Å². The van der Waals surface area contributed by atoms with Crippen LogP contribution in [0.5, 0.6) is 0 Å². The minimum absolute atomic E-state index is 0. The van der Waals surface area contributed by atoms with Crippen molar-refractivity contribution >= 4 is 5.97 Å². The summed E-state index contributed by atoms with van der Waals surface area (Å²) in [7, 11) is 0. The largest absolute Gasteiger partial charge is 1.00 e. The SMILES string of the molecule is CCCCCCCCN(CCCCCCCC)CCCC(=O)[O-].[K+]. The van der Waals surface area contributed by atoms with Crippen LogP contribution in [0.15, 0.2) is 0 Å². The van der Waals surface area contributed by atoms with E-state index >= 15 is 0 Å². The van der Waals surface area contributed by atoms with Gasteiger partial charge < -0.3 is 14.8 Å². The fraction of sp³-hybridized carbons (Fsp3) is 0.950. The molecule has 0 aromatic carbocycles. The molecule has 0 fully saturated rings. The van der Waals surface area contributed by atoms with E-state index in [9.17, 15) is 9.90 Å². The van der Waals surface area contributed by atoms with Crippen LogP contribution >= 0.6 is 0 Å². The van der Waals surface area contributed by atoms with Gasteiger partial charge in [0.2, 0.25) is 0 Å². The maximum absolute atomic E-state index is 10.6. The van der Waals surface area contributed by atoms with Crippen LogP contribution in [-0.2, 0) is 4.79 Å². The van der Waals surface area contributed by atoms with Crippen LogP contribution in [0.1, 0.15) is 104 Å². The summed E-state index contributed by atoms with van der Waals surface area (Å²) in [6.07, 6.45) is 16.8. The standard InChI is InChI=1S/C20H41NO2.K/c1-3-5-7-9-11-13-17-21(19-15-16-20(22)23)18-14-12-10-8-6-4-2;/h3-19H2,1-2H3,(H,22,23);/q;+1/p-1. The topological polar surface area (TPSA) is 43.4 Å². The molecule has 0 atom stereocenters. The average molecular weight is 366 g/mol. The number of carbonyl (C=O) groups excluding carboxylic acids is 1. The van der Waals surface area contributed by atoms with Gasteiger partial charge in [0.25, 0.3) is 0 Å². The number of hydrogen-bond donors (Lipinski definition) is 0. The van der Waals surface area contributed by atoms with Crippen molar-refractivity contribution < 1.29 is 61.3 Å². The number of aliphatic carboxylic acids is 1. The first-order chi connectivity index (χ1) is 11.2. The van der Waals surface area contributed by atoms with Gasteiger partial charge in [-0.1, -0.05) is 78.1 Å². The van der Waals surface area contributed by atoms with Crippen molar-refractivity contribution in [2.75, 3.05) is 19.6 Å². The van der Waals surface area contributed by atoms with Gasteiger partial charge in [0.15, 0.2) is 0 Å². The van der Waals surface area contributed by atoms with Crippen molar-refractivity contribution in [2.45, 2.75) is 104 Å². The fourth-order valence-electron chi connectivity index (χ4n) is 3.01. The molecule has 0 spiro atoms. The van der Waals surface area contributed by atoms with Crippen molar-refractivity contribution in [3.8, 4) is 0 Å². The average Bonchev–Trinajstić information content (AvgIpc) is 2.53. The van der Waals surface area contributed by atoms with Crippen molar-refractivity contribution in [2.24, 2.45) is 0 Å². The Labute approximate surface area is 193 Å². The smallest absolute Gasteiger partial charge is 0.550 e. The van der Waals surface area contributed by atoms with E-state index in [2.05, 4.69) is 18.7 Å². The van der Waals surface area contributed by atoms with Crippen LogP contribution in [-0.4, -0.2) is 30.5 Å². The second kappa shape index (κ2) is 22.1. The van der Waals surface area contributed by atoms with Gasteiger partial charge >= 0.3 is 51.4 Å². The quantitative estimate of drug-likeness (QED) is 0.273. The predicted molar refractivity (Wildman–Crippen MR) is 97.4 cm³/mol. The maximum atomic E-state index is 10.6. The molecule has 0 N–H and O–H groups in total. The van der Waals surface area contributed by atoms with Crippen molar-refractivity contribution in [3.05, 3.63) is 0 Å². The van der Waals surface area contributed by atoms with Gasteiger partial charge in [-0.3, -0.25) is 0 Å². The molecule has 0 heterocycles. The minimum Gasteiger partial charge on any atom is -0.550 e. The number of hydrogen-bond acceptors (Lipinski definition) is 3. The Morgan fingerprint density at radius 1 is 0.667 bits per heavy atom. The Balaban J connectivity index is 0. The zero-order chi connectivity index (χ0) is 17.2. The maximum Gasteiger partial charge on any atom is 1.00 e. The van der Waals surface area contributed by atoms with Gasteiger partial charge in [-0.2, -0.15) is 0 Å². The molecule has 0 aromatic heterocycles. The molecule has 3 nitrogen and oxygen atoms in total. The summed E-state index contributed by atoms with van der Waals surface area (Å²) in [5.41, 5.74) is 0. The fourth-order valence-corrected chi connectivity index (χ4v) is 3.01. The van der Waals surface area contributed by atoms with Crippen LogP contribution < -0.4 is 56.5 Å². The third-order valence-electron chi connectivity index (χ3n) is 4.51. The summed E-state index contributed by atoms with van der Waals surface area (Å²) in [5.74, 6) is -0.913. The molecule has 0 unspecified atom stereocenters. The molecule has 4 heteroatoms. The normalized spacial score (nSPS) is 10.8. The Morgan fingerprint density at radius 3 is 1.46 bits per heavy atom. The molecule has 0 aliphatic heterocycles.